The zero-order chi connectivity index (χ0) is 12.4. The summed E-state index contributed by atoms with van der Waals surface area (Å²) < 4.78 is 0. The molecule has 5 nitrogen and oxygen atoms in total. The van der Waals surface area contributed by atoms with Gasteiger partial charge in [-0.15, -0.1) is 0 Å². The van der Waals surface area contributed by atoms with E-state index in [2.05, 4.69) is 10.7 Å². The molecule has 0 aliphatic heterocycles. The third-order valence-electron chi connectivity index (χ3n) is 2.64. The SMILES string of the molecule is [NH3+][C@@H](Cc1cc(=O)[nH]c2ccccc12)C(=O)[O-]. The first kappa shape index (κ1) is 11.3. The minimum atomic E-state index is -1.21. The van der Waals surface area contributed by atoms with Crippen LogP contribution in [0.1, 0.15) is 5.56 Å². The number of H-pyrrole nitrogens is 1. The van der Waals surface area contributed by atoms with Crippen LogP contribution in [0, 0.1) is 0 Å². The Labute approximate surface area is 96.9 Å². The maximum absolute atomic E-state index is 11.4. The smallest absolute Gasteiger partial charge is 0.248 e. The van der Waals surface area contributed by atoms with E-state index in [0.29, 0.717) is 11.1 Å². The van der Waals surface area contributed by atoms with E-state index in [1.165, 1.54) is 6.07 Å². The number of hydrogen-bond donors (Lipinski definition) is 2. The van der Waals surface area contributed by atoms with Crippen molar-refractivity contribution in [1.29, 1.82) is 0 Å². The largest absolute Gasteiger partial charge is 0.544 e. The van der Waals surface area contributed by atoms with Crippen molar-refractivity contribution in [2.45, 2.75) is 12.5 Å². The number of hydrogen-bond acceptors (Lipinski definition) is 3. The normalized spacial score (nSPS) is 12.5. The van der Waals surface area contributed by atoms with Crippen molar-refractivity contribution >= 4 is 16.9 Å². The van der Waals surface area contributed by atoms with Gasteiger partial charge >= 0.3 is 0 Å². The fraction of sp³-hybridized carbons (Fsp3) is 0.167. The number of nitrogens with one attached hydrogen (secondary N) is 1. The molecular formula is C12H12N2O3. The minimum Gasteiger partial charge on any atom is -0.544 e. The van der Waals surface area contributed by atoms with Crippen LogP contribution in [0.4, 0.5) is 0 Å². The number of para-hydroxylation sites is 1. The fourth-order valence-electron chi connectivity index (χ4n) is 1.79. The van der Waals surface area contributed by atoms with Gasteiger partial charge in [-0.25, -0.2) is 0 Å². The molecule has 2 rings (SSSR count). The van der Waals surface area contributed by atoms with E-state index in [9.17, 15) is 14.7 Å². The molecule has 17 heavy (non-hydrogen) atoms. The summed E-state index contributed by atoms with van der Waals surface area (Å²) in [4.78, 5) is 24.8. The van der Waals surface area contributed by atoms with E-state index in [1.54, 1.807) is 6.07 Å². The third kappa shape index (κ3) is 2.34. The lowest BCUT2D eigenvalue weighted by molar-refractivity contribution is -0.436. The number of rotatable bonds is 3. The lowest BCUT2D eigenvalue weighted by atomic mass is 10.0. The molecule has 0 bridgehead atoms. The number of quaternary nitrogens is 1. The number of carbonyl (C=O) groups excluding carboxylic acids is 1. The van der Waals surface area contributed by atoms with Crippen LogP contribution in [0.3, 0.4) is 0 Å². The van der Waals surface area contributed by atoms with Crippen LogP contribution >= 0.6 is 0 Å². The van der Waals surface area contributed by atoms with Crippen LogP contribution < -0.4 is 16.4 Å². The van der Waals surface area contributed by atoms with Gasteiger partial charge in [-0.05, 0) is 11.6 Å². The van der Waals surface area contributed by atoms with Crippen molar-refractivity contribution in [3.8, 4) is 0 Å². The van der Waals surface area contributed by atoms with Crippen molar-refractivity contribution in [1.82, 2.24) is 4.98 Å². The maximum atomic E-state index is 11.4. The minimum absolute atomic E-state index is 0.187. The topological polar surface area (TPSA) is 101 Å². The molecule has 0 radical (unpaired) electrons. The van der Waals surface area contributed by atoms with Crippen LogP contribution in [0.25, 0.3) is 10.9 Å². The first-order chi connectivity index (χ1) is 8.08. The van der Waals surface area contributed by atoms with E-state index < -0.39 is 12.0 Å². The van der Waals surface area contributed by atoms with E-state index in [-0.39, 0.29) is 12.0 Å². The number of aromatic amines is 1. The van der Waals surface area contributed by atoms with Gasteiger partial charge in [0.05, 0.1) is 5.97 Å². The van der Waals surface area contributed by atoms with Gasteiger partial charge in [0, 0.05) is 23.4 Å². The Morgan fingerprint density at radius 1 is 1.41 bits per heavy atom. The Kier molecular flexibility index (Phi) is 2.93. The summed E-state index contributed by atoms with van der Waals surface area (Å²) in [5, 5.41) is 11.5. The Hall–Kier alpha value is -2.14. The molecule has 1 aromatic heterocycles. The van der Waals surface area contributed by atoms with Crippen LogP contribution in [-0.4, -0.2) is 17.0 Å². The van der Waals surface area contributed by atoms with Crippen molar-refractivity contribution in [2.24, 2.45) is 0 Å². The molecule has 0 spiro atoms. The van der Waals surface area contributed by atoms with E-state index >= 15 is 0 Å². The highest BCUT2D eigenvalue weighted by atomic mass is 16.4. The molecule has 0 saturated carbocycles. The van der Waals surface area contributed by atoms with Gasteiger partial charge < -0.3 is 20.6 Å². The number of aliphatic carboxylic acids is 1. The second-order valence-electron chi connectivity index (χ2n) is 3.92. The Morgan fingerprint density at radius 3 is 2.82 bits per heavy atom. The lowest BCUT2D eigenvalue weighted by Crippen LogP contribution is -2.69. The average Bonchev–Trinajstić information content (AvgIpc) is 2.28. The summed E-state index contributed by atoms with van der Waals surface area (Å²) in [7, 11) is 0. The monoisotopic (exact) mass is 232 g/mol. The first-order valence-electron chi connectivity index (χ1n) is 5.23. The Balaban J connectivity index is 2.52. The predicted molar refractivity (Wildman–Crippen MR) is 60.0 cm³/mol. The van der Waals surface area contributed by atoms with Gasteiger partial charge in [-0.1, -0.05) is 18.2 Å². The van der Waals surface area contributed by atoms with Gasteiger partial charge in [0.1, 0.15) is 6.04 Å². The number of fused-ring (bicyclic) bond motifs is 1. The van der Waals surface area contributed by atoms with Gasteiger partial charge in [0.2, 0.25) is 5.56 Å². The van der Waals surface area contributed by atoms with E-state index in [4.69, 9.17) is 0 Å². The Bertz CT molecular complexity index is 618. The zero-order valence-electron chi connectivity index (χ0n) is 9.10. The maximum Gasteiger partial charge on any atom is 0.248 e. The predicted octanol–water partition coefficient (Wildman–Crippen LogP) is -1.57. The molecule has 5 heteroatoms. The summed E-state index contributed by atoms with van der Waals surface area (Å²) in [6.45, 7) is 0. The van der Waals surface area contributed by atoms with Crippen molar-refractivity contribution in [2.75, 3.05) is 0 Å². The van der Waals surface area contributed by atoms with Gasteiger partial charge in [0.25, 0.3) is 0 Å². The molecule has 1 aromatic carbocycles. The Morgan fingerprint density at radius 2 is 2.12 bits per heavy atom. The molecule has 1 heterocycles. The molecule has 0 aliphatic carbocycles. The van der Waals surface area contributed by atoms with Crippen LogP contribution in [-0.2, 0) is 11.2 Å². The number of carboxylic acid groups (broad SMARTS) is 1. The lowest BCUT2D eigenvalue weighted by Gasteiger charge is -2.11. The molecule has 88 valence electrons. The molecule has 0 unspecified atom stereocenters. The quantitative estimate of drug-likeness (QED) is 0.668. The summed E-state index contributed by atoms with van der Waals surface area (Å²) >= 11 is 0. The van der Waals surface area contributed by atoms with Crippen molar-refractivity contribution in [3.63, 3.8) is 0 Å². The molecule has 0 saturated heterocycles. The highest BCUT2D eigenvalue weighted by Gasteiger charge is 2.11. The average molecular weight is 232 g/mol. The van der Waals surface area contributed by atoms with Crippen molar-refractivity contribution in [3.05, 3.63) is 46.2 Å². The summed E-state index contributed by atoms with van der Waals surface area (Å²) in [6, 6.07) is 7.80. The number of carbonyl (C=O) groups is 1. The fourth-order valence-corrected chi connectivity index (χ4v) is 1.79. The van der Waals surface area contributed by atoms with Crippen LogP contribution in [0.2, 0.25) is 0 Å². The molecule has 4 N–H and O–H groups in total. The number of aromatic nitrogens is 1. The van der Waals surface area contributed by atoms with Gasteiger partial charge in [-0.3, -0.25) is 4.79 Å². The molecule has 0 fully saturated rings. The summed E-state index contributed by atoms with van der Waals surface area (Å²) in [5.74, 6) is -1.21. The third-order valence-corrected chi connectivity index (χ3v) is 2.64. The molecule has 0 amide bonds. The number of pyridine rings is 1. The molecule has 1 atom stereocenters. The van der Waals surface area contributed by atoms with Crippen LogP contribution in [0.15, 0.2) is 35.1 Å². The highest BCUT2D eigenvalue weighted by Crippen LogP contribution is 2.15. The van der Waals surface area contributed by atoms with Crippen LogP contribution in [0.5, 0.6) is 0 Å². The second-order valence-corrected chi connectivity index (χ2v) is 3.92. The summed E-state index contributed by atoms with van der Waals surface area (Å²) in [6.07, 6.45) is 0.187. The standard InChI is InChI=1S/C12H12N2O3/c13-9(12(16)17)5-7-6-11(15)14-10-4-2-1-3-8(7)10/h1-4,6,9H,5,13H2,(H,14,15)(H,16,17)/t9-/m0/s1. The number of benzene rings is 1. The van der Waals surface area contributed by atoms with Gasteiger partial charge in [-0.2, -0.15) is 0 Å². The van der Waals surface area contributed by atoms with E-state index in [1.807, 2.05) is 18.2 Å². The first-order valence-corrected chi connectivity index (χ1v) is 5.23. The molecular weight excluding hydrogens is 220 g/mol. The number of carboxylic acids is 1. The van der Waals surface area contributed by atoms with Crippen molar-refractivity contribution < 1.29 is 15.6 Å². The van der Waals surface area contributed by atoms with E-state index in [0.717, 1.165) is 5.39 Å². The zero-order valence-corrected chi connectivity index (χ0v) is 9.10. The summed E-state index contributed by atoms with van der Waals surface area (Å²) in [5.41, 5.74) is 4.62. The second kappa shape index (κ2) is 4.39. The molecule has 2 aromatic rings. The highest BCUT2D eigenvalue weighted by molar-refractivity contribution is 5.82. The van der Waals surface area contributed by atoms with Gasteiger partial charge in [0.15, 0.2) is 0 Å². The molecule has 0 aliphatic rings.